The van der Waals surface area contributed by atoms with E-state index in [1.54, 1.807) is 0 Å². The molecular formula is C2H8BrO2P. The molecule has 0 spiro atoms. The van der Waals surface area contributed by atoms with Gasteiger partial charge in [-0.25, -0.2) is 0 Å². The lowest BCUT2D eigenvalue weighted by Crippen LogP contribution is -1.70. The van der Waals surface area contributed by atoms with E-state index in [1.165, 1.54) is 0 Å². The molecule has 0 atom stereocenters. The molecule has 0 aliphatic carbocycles. The van der Waals surface area contributed by atoms with Crippen LogP contribution in [0.2, 0.25) is 0 Å². The Hall–Kier alpha value is 0.830. The van der Waals surface area contributed by atoms with Crippen molar-refractivity contribution in [3.63, 3.8) is 0 Å². The van der Waals surface area contributed by atoms with E-state index in [9.17, 15) is 0 Å². The van der Waals surface area contributed by atoms with Crippen molar-refractivity contribution in [2.24, 2.45) is 0 Å². The van der Waals surface area contributed by atoms with Gasteiger partial charge in [0.1, 0.15) is 0 Å². The van der Waals surface area contributed by atoms with Crippen LogP contribution < -0.4 is 0 Å². The van der Waals surface area contributed by atoms with Crippen LogP contribution in [-0.2, 0) is 0 Å². The molecule has 2 nitrogen and oxygen atoms in total. The Bertz CT molecular complexity index is 19.0. The predicted molar refractivity (Wildman–Crippen MR) is 32.8 cm³/mol. The van der Waals surface area contributed by atoms with Crippen molar-refractivity contribution < 1.29 is 10.2 Å². The van der Waals surface area contributed by atoms with Gasteiger partial charge < -0.3 is 10.2 Å². The number of rotatable bonds is 2. The molecule has 6 heavy (non-hydrogen) atoms. The molecule has 4 heteroatoms. The van der Waals surface area contributed by atoms with E-state index >= 15 is 0 Å². The highest BCUT2D eigenvalue weighted by molar-refractivity contribution is 8.93. The molecule has 0 radical (unpaired) electrons. The minimum absolute atomic E-state index is 0. The van der Waals surface area contributed by atoms with Gasteiger partial charge in [0.15, 0.2) is 0 Å². The third-order valence-electron chi connectivity index (χ3n) is 0.224. The van der Waals surface area contributed by atoms with E-state index in [0.29, 0.717) is 8.58 Å². The zero-order valence-corrected chi connectivity index (χ0v) is 5.93. The fourth-order valence-electron chi connectivity index (χ4n) is 0.0500. The first kappa shape index (κ1) is 9.95. The maximum atomic E-state index is 7.92. The van der Waals surface area contributed by atoms with Gasteiger partial charge in [-0.2, -0.15) is 0 Å². The van der Waals surface area contributed by atoms with Crippen molar-refractivity contribution >= 4 is 25.6 Å². The number of aliphatic hydroxyl groups is 2. The second kappa shape index (κ2) is 9.27. The van der Waals surface area contributed by atoms with Crippen molar-refractivity contribution in [1.82, 2.24) is 0 Å². The quantitative estimate of drug-likeness (QED) is 0.586. The lowest BCUT2D eigenvalue weighted by atomic mass is 11.7. The van der Waals surface area contributed by atoms with Crippen molar-refractivity contribution in [1.29, 1.82) is 0 Å². The fraction of sp³-hybridized carbons (Fsp3) is 1.00. The molecule has 0 aromatic carbocycles. The van der Waals surface area contributed by atoms with E-state index in [4.69, 9.17) is 10.2 Å². The fourth-order valence-corrected chi connectivity index (χ4v) is 0.150. The van der Waals surface area contributed by atoms with Crippen LogP contribution in [0, 0.1) is 0 Å². The summed E-state index contributed by atoms with van der Waals surface area (Å²) in [6.45, 7) is 0. The van der Waals surface area contributed by atoms with Crippen LogP contribution in [0.15, 0.2) is 0 Å². The summed E-state index contributed by atoms with van der Waals surface area (Å²) in [7, 11) is 0.309. The largest absolute Gasteiger partial charge is 0.392 e. The summed E-state index contributed by atoms with van der Waals surface area (Å²) in [4.78, 5) is 0. The summed E-state index contributed by atoms with van der Waals surface area (Å²) in [6, 6.07) is 0. The maximum Gasteiger partial charge on any atom is 0.0618 e. The number of halogens is 1. The van der Waals surface area contributed by atoms with Crippen LogP contribution in [0.3, 0.4) is 0 Å². The topological polar surface area (TPSA) is 40.5 Å². The van der Waals surface area contributed by atoms with Gasteiger partial charge >= 0.3 is 0 Å². The minimum Gasteiger partial charge on any atom is -0.392 e. The Labute approximate surface area is 49.1 Å². The van der Waals surface area contributed by atoms with Crippen LogP contribution in [0.4, 0.5) is 0 Å². The van der Waals surface area contributed by atoms with Crippen LogP contribution in [0.1, 0.15) is 0 Å². The molecule has 0 aromatic heterocycles. The zero-order chi connectivity index (χ0) is 4.12. The SMILES string of the molecule is Br.OCPCO. The van der Waals surface area contributed by atoms with Gasteiger partial charge in [0.25, 0.3) is 0 Å². The standard InChI is InChI=1S/C2H7O2P.BrH/c3-1-5-2-4;/h3-5H,1-2H2;1H. The Morgan fingerprint density at radius 2 is 1.50 bits per heavy atom. The molecule has 0 saturated heterocycles. The molecule has 0 amide bonds. The molecule has 0 rings (SSSR count). The third-order valence-corrected chi connectivity index (χ3v) is 0.671. The molecule has 0 aliphatic heterocycles. The van der Waals surface area contributed by atoms with Gasteiger partial charge in [-0.3, -0.25) is 0 Å². The molecule has 0 heterocycles. The maximum absolute atomic E-state index is 7.92. The van der Waals surface area contributed by atoms with Crippen molar-refractivity contribution in [3.05, 3.63) is 0 Å². The number of hydrogen-bond acceptors (Lipinski definition) is 2. The van der Waals surface area contributed by atoms with Gasteiger partial charge in [0.05, 0.1) is 12.7 Å². The number of hydrogen-bond donors (Lipinski definition) is 2. The number of aliphatic hydroxyl groups excluding tert-OH is 2. The van der Waals surface area contributed by atoms with E-state index in [1.807, 2.05) is 0 Å². The van der Waals surface area contributed by atoms with E-state index < -0.39 is 0 Å². The first-order valence-electron chi connectivity index (χ1n) is 1.34. The van der Waals surface area contributed by atoms with E-state index in [2.05, 4.69) is 0 Å². The molecule has 40 valence electrons. The van der Waals surface area contributed by atoms with Gasteiger partial charge in [0.2, 0.25) is 0 Å². The van der Waals surface area contributed by atoms with E-state index in [-0.39, 0.29) is 29.7 Å². The van der Waals surface area contributed by atoms with Gasteiger partial charge in [-0.1, -0.05) is 8.58 Å². The Morgan fingerprint density at radius 3 is 1.50 bits per heavy atom. The zero-order valence-electron chi connectivity index (χ0n) is 3.22. The highest BCUT2D eigenvalue weighted by Crippen LogP contribution is 2.00. The second-order valence-electron chi connectivity index (χ2n) is 0.566. The molecule has 0 saturated carbocycles. The summed E-state index contributed by atoms with van der Waals surface area (Å²) in [5, 5.41) is 15.8. The molecular weight excluding hydrogens is 167 g/mol. The minimum atomic E-state index is 0. The van der Waals surface area contributed by atoms with Gasteiger partial charge in [-0.15, -0.1) is 17.0 Å². The molecule has 0 aliphatic rings. The monoisotopic (exact) mass is 174 g/mol. The van der Waals surface area contributed by atoms with Gasteiger partial charge in [-0.05, 0) is 0 Å². The average molecular weight is 175 g/mol. The second-order valence-corrected chi connectivity index (χ2v) is 1.70. The van der Waals surface area contributed by atoms with E-state index in [0.717, 1.165) is 0 Å². The molecule has 0 unspecified atom stereocenters. The average Bonchev–Trinajstić information content (AvgIpc) is 1.41. The molecule has 0 aromatic rings. The van der Waals surface area contributed by atoms with Crippen molar-refractivity contribution in [2.45, 2.75) is 0 Å². The molecule has 0 bridgehead atoms. The smallest absolute Gasteiger partial charge is 0.0618 e. The summed E-state index contributed by atoms with van der Waals surface area (Å²) < 4.78 is 0. The normalized spacial score (nSPS) is 7.00. The van der Waals surface area contributed by atoms with Crippen molar-refractivity contribution in [2.75, 3.05) is 12.7 Å². The first-order chi connectivity index (χ1) is 2.41. The van der Waals surface area contributed by atoms with Crippen LogP contribution >= 0.6 is 25.6 Å². The summed E-state index contributed by atoms with van der Waals surface area (Å²) in [5.41, 5.74) is 0. The summed E-state index contributed by atoms with van der Waals surface area (Å²) >= 11 is 0. The predicted octanol–water partition coefficient (Wildman–Crippen LogP) is 0.142. The lowest BCUT2D eigenvalue weighted by molar-refractivity contribution is 0.348. The van der Waals surface area contributed by atoms with Crippen LogP contribution in [0.25, 0.3) is 0 Å². The molecule has 0 fully saturated rings. The highest BCUT2D eigenvalue weighted by atomic mass is 79.9. The van der Waals surface area contributed by atoms with Crippen LogP contribution in [-0.4, -0.2) is 22.9 Å². The van der Waals surface area contributed by atoms with Crippen LogP contribution in [0.5, 0.6) is 0 Å². The Morgan fingerprint density at radius 1 is 1.17 bits per heavy atom. The Kier molecular flexibility index (Phi) is 15.4. The Balaban J connectivity index is 0. The summed E-state index contributed by atoms with van der Waals surface area (Å²) in [6.07, 6.45) is 0.243. The third kappa shape index (κ3) is 8.85. The first-order valence-corrected chi connectivity index (χ1v) is 2.75. The summed E-state index contributed by atoms with van der Waals surface area (Å²) in [5.74, 6) is 0. The van der Waals surface area contributed by atoms with Crippen molar-refractivity contribution in [3.8, 4) is 0 Å². The highest BCUT2D eigenvalue weighted by Gasteiger charge is 1.69. The lowest BCUT2D eigenvalue weighted by Gasteiger charge is -1.80. The molecule has 2 N–H and O–H groups in total. The van der Waals surface area contributed by atoms with Gasteiger partial charge in [0, 0.05) is 0 Å².